The van der Waals surface area contributed by atoms with Crippen molar-refractivity contribution in [3.8, 4) is 5.75 Å². The average molecular weight is 270 g/mol. The number of hydrogen-bond donors (Lipinski definition) is 0. The van der Waals surface area contributed by atoms with Crippen LogP contribution in [-0.4, -0.2) is 12.4 Å². The summed E-state index contributed by atoms with van der Waals surface area (Å²) < 4.78 is 18.8. The molecule has 0 bridgehead atoms. The van der Waals surface area contributed by atoms with Gasteiger partial charge in [0, 0.05) is 22.1 Å². The van der Waals surface area contributed by atoms with Crippen molar-refractivity contribution in [2.45, 2.75) is 19.3 Å². The molecule has 3 heteroatoms. The molecule has 3 rings (SSSR count). The molecule has 1 heterocycles. The standard InChI is InChI=1S/C17H15FO2/c1-17(2)10-20-15-7-6-12(9-14(15)17)16(19)11-4-3-5-13(18)8-11/h3-9H,10H2,1-2H3. The summed E-state index contributed by atoms with van der Waals surface area (Å²) in [6.45, 7) is 4.77. The molecule has 0 saturated carbocycles. The lowest BCUT2D eigenvalue weighted by atomic mass is 9.85. The zero-order chi connectivity index (χ0) is 14.3. The first-order valence-corrected chi connectivity index (χ1v) is 6.55. The first-order valence-electron chi connectivity index (χ1n) is 6.55. The van der Waals surface area contributed by atoms with Crippen LogP contribution in [0.25, 0.3) is 0 Å². The van der Waals surface area contributed by atoms with Crippen LogP contribution < -0.4 is 4.74 Å². The fraction of sp³-hybridized carbons (Fsp3) is 0.235. The van der Waals surface area contributed by atoms with Crippen molar-refractivity contribution in [3.05, 3.63) is 65.0 Å². The molecule has 0 unspecified atom stereocenters. The van der Waals surface area contributed by atoms with E-state index in [2.05, 4.69) is 13.8 Å². The molecule has 102 valence electrons. The second kappa shape index (κ2) is 4.44. The highest BCUT2D eigenvalue weighted by molar-refractivity contribution is 6.09. The number of rotatable bonds is 2. The Morgan fingerprint density at radius 3 is 2.65 bits per heavy atom. The first kappa shape index (κ1) is 12.9. The molecule has 0 fully saturated rings. The summed E-state index contributed by atoms with van der Waals surface area (Å²) in [4.78, 5) is 12.4. The minimum Gasteiger partial charge on any atom is -0.492 e. The maximum absolute atomic E-state index is 13.2. The van der Waals surface area contributed by atoms with Gasteiger partial charge in [-0.15, -0.1) is 0 Å². The van der Waals surface area contributed by atoms with E-state index in [-0.39, 0.29) is 11.2 Å². The fourth-order valence-corrected chi connectivity index (χ4v) is 2.46. The lowest BCUT2D eigenvalue weighted by Crippen LogP contribution is -2.18. The normalized spacial score (nSPS) is 15.6. The molecule has 0 radical (unpaired) electrons. The third-order valence-corrected chi connectivity index (χ3v) is 3.65. The number of ketones is 1. The number of hydrogen-bond acceptors (Lipinski definition) is 2. The Balaban J connectivity index is 2.02. The molecule has 0 amide bonds. The second-order valence-corrected chi connectivity index (χ2v) is 5.72. The van der Waals surface area contributed by atoms with Crippen LogP contribution in [0.2, 0.25) is 0 Å². The number of carbonyl (C=O) groups excluding carboxylic acids is 1. The quantitative estimate of drug-likeness (QED) is 0.777. The maximum atomic E-state index is 13.2. The Morgan fingerprint density at radius 1 is 1.15 bits per heavy atom. The highest BCUT2D eigenvalue weighted by atomic mass is 19.1. The minimum absolute atomic E-state index is 0.104. The maximum Gasteiger partial charge on any atom is 0.193 e. The summed E-state index contributed by atoms with van der Waals surface area (Å²) in [6, 6.07) is 11.2. The topological polar surface area (TPSA) is 26.3 Å². The van der Waals surface area contributed by atoms with Gasteiger partial charge in [0.25, 0.3) is 0 Å². The highest BCUT2D eigenvalue weighted by Crippen LogP contribution is 2.38. The predicted octanol–water partition coefficient (Wildman–Crippen LogP) is 3.73. The van der Waals surface area contributed by atoms with Gasteiger partial charge in [0.05, 0.1) is 6.61 Å². The second-order valence-electron chi connectivity index (χ2n) is 5.72. The average Bonchev–Trinajstić information content (AvgIpc) is 2.73. The van der Waals surface area contributed by atoms with Crippen molar-refractivity contribution < 1.29 is 13.9 Å². The minimum atomic E-state index is -0.402. The van der Waals surface area contributed by atoms with Crippen molar-refractivity contribution in [2.75, 3.05) is 6.61 Å². The van der Waals surface area contributed by atoms with Gasteiger partial charge in [-0.25, -0.2) is 4.39 Å². The van der Waals surface area contributed by atoms with Crippen LogP contribution in [0.3, 0.4) is 0 Å². The molecule has 0 saturated heterocycles. The Hall–Kier alpha value is -2.16. The fourth-order valence-electron chi connectivity index (χ4n) is 2.46. The van der Waals surface area contributed by atoms with E-state index in [0.29, 0.717) is 17.7 Å². The number of carbonyl (C=O) groups is 1. The number of ether oxygens (including phenoxy) is 1. The Morgan fingerprint density at radius 2 is 1.90 bits per heavy atom. The number of benzene rings is 2. The summed E-state index contributed by atoms with van der Waals surface area (Å²) in [5, 5.41) is 0. The van der Waals surface area contributed by atoms with Gasteiger partial charge in [0.15, 0.2) is 5.78 Å². The third kappa shape index (κ3) is 2.09. The van der Waals surface area contributed by atoms with E-state index in [1.165, 1.54) is 12.1 Å². The predicted molar refractivity (Wildman–Crippen MR) is 74.8 cm³/mol. The summed E-state index contributed by atoms with van der Waals surface area (Å²) in [5.74, 6) is 0.251. The van der Waals surface area contributed by atoms with Crippen LogP contribution in [0.1, 0.15) is 35.3 Å². The van der Waals surface area contributed by atoms with E-state index < -0.39 is 5.82 Å². The highest BCUT2D eigenvalue weighted by Gasteiger charge is 2.32. The smallest absolute Gasteiger partial charge is 0.193 e. The zero-order valence-corrected chi connectivity index (χ0v) is 11.4. The van der Waals surface area contributed by atoms with E-state index in [9.17, 15) is 9.18 Å². The molecule has 2 aromatic rings. The van der Waals surface area contributed by atoms with Crippen molar-refractivity contribution in [1.29, 1.82) is 0 Å². The zero-order valence-electron chi connectivity index (χ0n) is 11.4. The van der Waals surface area contributed by atoms with E-state index in [0.717, 1.165) is 11.3 Å². The van der Waals surface area contributed by atoms with Crippen LogP contribution >= 0.6 is 0 Å². The largest absolute Gasteiger partial charge is 0.492 e. The van der Waals surface area contributed by atoms with Gasteiger partial charge < -0.3 is 4.74 Å². The SMILES string of the molecule is CC1(C)COc2ccc(C(=O)c3cccc(F)c3)cc21. The van der Waals surface area contributed by atoms with Crippen LogP contribution in [-0.2, 0) is 5.41 Å². The van der Waals surface area contributed by atoms with Crippen LogP contribution in [0, 0.1) is 5.82 Å². The monoisotopic (exact) mass is 270 g/mol. The molecule has 0 N–H and O–H groups in total. The third-order valence-electron chi connectivity index (χ3n) is 3.65. The lowest BCUT2D eigenvalue weighted by Gasteiger charge is -2.15. The summed E-state index contributed by atoms with van der Waals surface area (Å²) in [7, 11) is 0. The number of fused-ring (bicyclic) bond motifs is 1. The van der Waals surface area contributed by atoms with Crippen LogP contribution in [0.15, 0.2) is 42.5 Å². The molecule has 0 spiro atoms. The van der Waals surface area contributed by atoms with Gasteiger partial charge in [-0.2, -0.15) is 0 Å². The first-order chi connectivity index (χ1) is 9.47. The van der Waals surface area contributed by atoms with E-state index in [4.69, 9.17) is 4.74 Å². The molecular weight excluding hydrogens is 255 g/mol. The Labute approximate surface area is 117 Å². The van der Waals surface area contributed by atoms with Gasteiger partial charge in [0.2, 0.25) is 0 Å². The van der Waals surface area contributed by atoms with Crippen LogP contribution in [0.4, 0.5) is 4.39 Å². The van der Waals surface area contributed by atoms with E-state index >= 15 is 0 Å². The van der Waals surface area contributed by atoms with Gasteiger partial charge >= 0.3 is 0 Å². The van der Waals surface area contributed by atoms with Gasteiger partial charge in [-0.05, 0) is 30.3 Å². The van der Waals surface area contributed by atoms with E-state index in [1.54, 1.807) is 18.2 Å². The molecule has 1 aliphatic heterocycles. The van der Waals surface area contributed by atoms with Crippen molar-refractivity contribution in [3.63, 3.8) is 0 Å². The Kier molecular flexibility index (Phi) is 2.85. The van der Waals surface area contributed by atoms with Crippen LogP contribution in [0.5, 0.6) is 5.75 Å². The number of halogens is 1. The lowest BCUT2D eigenvalue weighted by molar-refractivity contribution is 0.103. The molecule has 2 aromatic carbocycles. The molecule has 0 atom stereocenters. The Bertz CT molecular complexity index is 689. The van der Waals surface area contributed by atoms with E-state index in [1.807, 2.05) is 12.1 Å². The molecular formula is C17H15FO2. The van der Waals surface area contributed by atoms with Crippen molar-refractivity contribution in [1.82, 2.24) is 0 Å². The molecule has 0 aliphatic carbocycles. The summed E-state index contributed by atoms with van der Waals surface area (Å²) in [6.07, 6.45) is 0. The van der Waals surface area contributed by atoms with Gasteiger partial charge in [-0.1, -0.05) is 26.0 Å². The molecule has 0 aromatic heterocycles. The van der Waals surface area contributed by atoms with Crippen molar-refractivity contribution in [2.24, 2.45) is 0 Å². The molecule has 2 nitrogen and oxygen atoms in total. The summed E-state index contributed by atoms with van der Waals surface area (Å²) >= 11 is 0. The van der Waals surface area contributed by atoms with Crippen molar-refractivity contribution >= 4 is 5.78 Å². The van der Waals surface area contributed by atoms with Gasteiger partial charge in [0.1, 0.15) is 11.6 Å². The molecule has 20 heavy (non-hydrogen) atoms. The summed E-state index contributed by atoms with van der Waals surface area (Å²) in [5.41, 5.74) is 1.85. The van der Waals surface area contributed by atoms with Gasteiger partial charge in [-0.3, -0.25) is 4.79 Å². The molecule has 1 aliphatic rings.